The summed E-state index contributed by atoms with van der Waals surface area (Å²) in [6.45, 7) is 2.06. The number of carboxylic acids is 1. The summed E-state index contributed by atoms with van der Waals surface area (Å²) in [5, 5.41) is 8.76. The summed E-state index contributed by atoms with van der Waals surface area (Å²) in [4.78, 5) is 38.5. The molecule has 9 heteroatoms. The molecule has 0 unspecified atom stereocenters. The number of methoxy groups -OCH3 is 1. The van der Waals surface area contributed by atoms with Crippen molar-refractivity contribution >= 4 is 17.8 Å². The van der Waals surface area contributed by atoms with Gasteiger partial charge in [-0.25, -0.2) is 0 Å². The number of hydrogen-bond acceptors (Lipinski definition) is 6. The molecule has 0 aromatic heterocycles. The average Bonchev–Trinajstić information content (AvgIpc) is 2.72. The molecule has 0 saturated carbocycles. The highest BCUT2D eigenvalue weighted by Gasteiger charge is 2.24. The molecular formula is C19H27N3O6. The third-order valence-electron chi connectivity index (χ3n) is 4.62. The predicted octanol–water partition coefficient (Wildman–Crippen LogP) is 0.327. The van der Waals surface area contributed by atoms with Gasteiger partial charge in [0.25, 0.3) is 0 Å². The lowest BCUT2D eigenvalue weighted by Crippen LogP contribution is -2.51. The van der Waals surface area contributed by atoms with E-state index in [-0.39, 0.29) is 37.7 Å². The minimum Gasteiger partial charge on any atom is -0.497 e. The molecule has 1 heterocycles. The van der Waals surface area contributed by atoms with E-state index in [1.807, 2.05) is 0 Å². The van der Waals surface area contributed by atoms with Crippen LogP contribution in [0.3, 0.4) is 0 Å². The smallest absolute Gasteiger partial charge is 0.320 e. The van der Waals surface area contributed by atoms with Gasteiger partial charge in [0.2, 0.25) is 11.8 Å². The summed E-state index contributed by atoms with van der Waals surface area (Å²) < 4.78 is 10.6. The standard InChI is InChI=1S/C19H27N3O6/c1-27-14-2-4-15(5-3-14)28-13-8-18(24)22-11-9-21(10-12-22)17(23)7-6-16(20)19(25)26/h2-5,16H,6-13,20H2,1H3,(H,25,26)/t16-/m0/s1. The SMILES string of the molecule is COc1ccc(OCCC(=O)N2CCN(C(=O)CC[C@H](N)C(=O)O)CC2)cc1. The number of carbonyl (C=O) groups is 3. The number of carbonyl (C=O) groups excluding carboxylic acids is 2. The lowest BCUT2D eigenvalue weighted by atomic mass is 10.1. The molecule has 0 bridgehead atoms. The van der Waals surface area contributed by atoms with E-state index >= 15 is 0 Å². The van der Waals surface area contributed by atoms with Crippen LogP contribution in [0.4, 0.5) is 0 Å². The molecule has 154 valence electrons. The van der Waals surface area contributed by atoms with E-state index in [4.69, 9.17) is 20.3 Å². The number of aliphatic carboxylic acids is 1. The molecular weight excluding hydrogens is 366 g/mol. The summed E-state index contributed by atoms with van der Waals surface area (Å²) in [6, 6.07) is 6.11. The van der Waals surface area contributed by atoms with Crippen molar-refractivity contribution in [2.24, 2.45) is 5.73 Å². The normalized spacial score (nSPS) is 15.1. The number of ether oxygens (including phenoxy) is 2. The number of amides is 2. The van der Waals surface area contributed by atoms with E-state index in [0.717, 1.165) is 5.75 Å². The molecule has 1 atom stereocenters. The molecule has 1 aliphatic heterocycles. The van der Waals surface area contributed by atoms with E-state index in [2.05, 4.69) is 0 Å². The van der Waals surface area contributed by atoms with Gasteiger partial charge >= 0.3 is 5.97 Å². The maximum atomic E-state index is 12.3. The Balaban J connectivity index is 1.66. The molecule has 1 aromatic rings. The minimum atomic E-state index is -1.11. The van der Waals surface area contributed by atoms with Crippen LogP contribution in [0.2, 0.25) is 0 Å². The topological polar surface area (TPSA) is 122 Å². The Morgan fingerprint density at radius 2 is 1.50 bits per heavy atom. The summed E-state index contributed by atoms with van der Waals surface area (Å²) >= 11 is 0. The molecule has 1 saturated heterocycles. The molecule has 0 radical (unpaired) electrons. The molecule has 2 amide bonds. The first-order valence-corrected chi connectivity index (χ1v) is 9.21. The van der Waals surface area contributed by atoms with Crippen molar-refractivity contribution in [1.29, 1.82) is 0 Å². The third-order valence-corrected chi connectivity index (χ3v) is 4.62. The largest absolute Gasteiger partial charge is 0.497 e. The Hall–Kier alpha value is -2.81. The van der Waals surface area contributed by atoms with Gasteiger partial charge in [-0.2, -0.15) is 0 Å². The fourth-order valence-electron chi connectivity index (χ4n) is 2.85. The highest BCUT2D eigenvalue weighted by molar-refractivity contribution is 5.79. The second-order valence-electron chi connectivity index (χ2n) is 6.52. The number of benzene rings is 1. The highest BCUT2D eigenvalue weighted by Crippen LogP contribution is 2.17. The first-order valence-electron chi connectivity index (χ1n) is 9.21. The van der Waals surface area contributed by atoms with Crippen molar-refractivity contribution in [3.63, 3.8) is 0 Å². The van der Waals surface area contributed by atoms with Gasteiger partial charge in [-0.3, -0.25) is 14.4 Å². The third kappa shape index (κ3) is 6.41. The van der Waals surface area contributed by atoms with Gasteiger partial charge in [0.1, 0.15) is 17.5 Å². The first kappa shape index (κ1) is 21.5. The second-order valence-corrected chi connectivity index (χ2v) is 6.52. The Morgan fingerprint density at radius 1 is 1.00 bits per heavy atom. The predicted molar refractivity (Wildman–Crippen MR) is 101 cm³/mol. The van der Waals surface area contributed by atoms with Crippen molar-refractivity contribution < 1.29 is 29.0 Å². The number of hydrogen-bond donors (Lipinski definition) is 2. The fraction of sp³-hybridized carbons (Fsp3) is 0.526. The van der Waals surface area contributed by atoms with Crippen LogP contribution in [0.5, 0.6) is 11.5 Å². The van der Waals surface area contributed by atoms with Crippen LogP contribution >= 0.6 is 0 Å². The zero-order valence-electron chi connectivity index (χ0n) is 16.0. The number of nitrogens with zero attached hydrogens (tertiary/aromatic N) is 2. The van der Waals surface area contributed by atoms with Gasteiger partial charge in [-0.05, 0) is 30.7 Å². The van der Waals surface area contributed by atoms with Gasteiger partial charge in [0.15, 0.2) is 0 Å². The number of piperazine rings is 1. The quantitative estimate of drug-likeness (QED) is 0.620. The molecule has 0 spiro atoms. The number of carboxylic acid groups (broad SMARTS) is 1. The highest BCUT2D eigenvalue weighted by atomic mass is 16.5. The lowest BCUT2D eigenvalue weighted by molar-refractivity contribution is -0.141. The van der Waals surface area contributed by atoms with Crippen LogP contribution in [0.25, 0.3) is 0 Å². The molecule has 1 aliphatic rings. The summed E-state index contributed by atoms with van der Waals surface area (Å²) in [5.74, 6) is 0.143. The zero-order valence-corrected chi connectivity index (χ0v) is 16.0. The van der Waals surface area contributed by atoms with Gasteiger partial charge in [0, 0.05) is 32.6 Å². The molecule has 28 heavy (non-hydrogen) atoms. The maximum Gasteiger partial charge on any atom is 0.320 e. The van der Waals surface area contributed by atoms with Gasteiger partial charge in [-0.1, -0.05) is 0 Å². The van der Waals surface area contributed by atoms with Crippen molar-refractivity contribution in [3.8, 4) is 11.5 Å². The van der Waals surface area contributed by atoms with Crippen molar-refractivity contribution in [2.75, 3.05) is 39.9 Å². The summed E-state index contributed by atoms with van der Waals surface area (Å²) in [6.07, 6.45) is 0.459. The van der Waals surface area contributed by atoms with Crippen LogP contribution in [0, 0.1) is 0 Å². The molecule has 0 aliphatic carbocycles. The summed E-state index contributed by atoms with van der Waals surface area (Å²) in [7, 11) is 1.59. The second kappa shape index (κ2) is 10.5. The minimum absolute atomic E-state index is 0.0199. The summed E-state index contributed by atoms with van der Waals surface area (Å²) in [5.41, 5.74) is 5.42. The molecule has 1 fully saturated rings. The number of rotatable bonds is 9. The van der Waals surface area contributed by atoms with E-state index < -0.39 is 12.0 Å². The van der Waals surface area contributed by atoms with Crippen LogP contribution in [-0.4, -0.2) is 78.6 Å². The van der Waals surface area contributed by atoms with Crippen molar-refractivity contribution in [2.45, 2.75) is 25.3 Å². The van der Waals surface area contributed by atoms with Gasteiger partial charge < -0.3 is 30.1 Å². The van der Waals surface area contributed by atoms with Crippen LogP contribution in [0.1, 0.15) is 19.3 Å². The Kier molecular flexibility index (Phi) is 8.06. The molecule has 3 N–H and O–H groups in total. The van der Waals surface area contributed by atoms with Crippen LogP contribution < -0.4 is 15.2 Å². The van der Waals surface area contributed by atoms with E-state index in [9.17, 15) is 14.4 Å². The zero-order chi connectivity index (χ0) is 20.5. The number of nitrogens with two attached hydrogens (primary N) is 1. The monoisotopic (exact) mass is 393 g/mol. The van der Waals surface area contributed by atoms with E-state index in [1.165, 1.54) is 0 Å². The van der Waals surface area contributed by atoms with Crippen LogP contribution in [0.15, 0.2) is 24.3 Å². The average molecular weight is 393 g/mol. The maximum absolute atomic E-state index is 12.3. The van der Waals surface area contributed by atoms with Crippen molar-refractivity contribution in [1.82, 2.24) is 9.80 Å². The van der Waals surface area contributed by atoms with Gasteiger partial charge in [-0.15, -0.1) is 0 Å². The van der Waals surface area contributed by atoms with E-state index in [1.54, 1.807) is 41.2 Å². The Bertz CT molecular complexity index is 671. The fourth-order valence-corrected chi connectivity index (χ4v) is 2.85. The lowest BCUT2D eigenvalue weighted by Gasteiger charge is -2.35. The van der Waals surface area contributed by atoms with Crippen molar-refractivity contribution in [3.05, 3.63) is 24.3 Å². The Morgan fingerprint density at radius 3 is 2.00 bits per heavy atom. The molecule has 1 aromatic carbocycles. The molecule has 9 nitrogen and oxygen atoms in total. The Labute approximate surface area is 164 Å². The van der Waals surface area contributed by atoms with Gasteiger partial charge in [0.05, 0.1) is 20.1 Å². The van der Waals surface area contributed by atoms with E-state index in [0.29, 0.717) is 31.9 Å². The molecule has 2 rings (SSSR count). The first-order chi connectivity index (χ1) is 13.4. The van der Waals surface area contributed by atoms with Crippen LogP contribution in [-0.2, 0) is 14.4 Å².